The van der Waals surface area contributed by atoms with Gasteiger partial charge in [-0.25, -0.2) is 9.38 Å². The van der Waals surface area contributed by atoms with Gasteiger partial charge in [0, 0.05) is 31.2 Å². The topological polar surface area (TPSA) is 72.7 Å². The Morgan fingerprint density at radius 1 is 1.34 bits per heavy atom. The molecule has 1 heterocycles. The van der Waals surface area contributed by atoms with Crippen LogP contribution in [0.2, 0.25) is 0 Å². The molecule has 0 aromatic heterocycles. The van der Waals surface area contributed by atoms with Gasteiger partial charge in [-0.1, -0.05) is 12.1 Å². The van der Waals surface area contributed by atoms with Gasteiger partial charge in [-0.3, -0.25) is 0 Å². The molecule has 0 saturated carbocycles. The number of benzene rings is 2. The molecule has 6 nitrogen and oxygen atoms in total. The van der Waals surface area contributed by atoms with Crippen LogP contribution >= 0.6 is 0 Å². The first kappa shape index (κ1) is 20.5. The Labute approximate surface area is 171 Å². The minimum atomic E-state index is -0.355. The van der Waals surface area contributed by atoms with Crippen LogP contribution in [0.15, 0.2) is 47.5 Å². The van der Waals surface area contributed by atoms with E-state index in [1.54, 1.807) is 13.2 Å². The van der Waals surface area contributed by atoms with Gasteiger partial charge in [0.1, 0.15) is 11.6 Å². The predicted octanol–water partition coefficient (Wildman–Crippen LogP) is 3.04. The second-order valence-corrected chi connectivity index (χ2v) is 6.86. The van der Waals surface area contributed by atoms with Crippen molar-refractivity contribution >= 4 is 11.6 Å². The van der Waals surface area contributed by atoms with Gasteiger partial charge < -0.3 is 20.3 Å². The van der Waals surface area contributed by atoms with Crippen LogP contribution in [0.3, 0.4) is 0 Å². The molecule has 3 rings (SSSR count). The standard InChI is InChI=1S/C22H26FN5O/c1-3-25-22(26-14-17-12-16(13-24)8-9-19(17)23)27-18-10-11-28(15-18)20-6-4-5-7-21(20)29-2/h4-9,12,18H,3,10-11,14-15H2,1-2H3,(H2,25,26,27). The third-order valence-corrected chi connectivity index (χ3v) is 4.88. The van der Waals surface area contributed by atoms with Crippen molar-refractivity contribution in [1.29, 1.82) is 5.26 Å². The van der Waals surface area contributed by atoms with Crippen LogP contribution in [-0.4, -0.2) is 38.7 Å². The van der Waals surface area contributed by atoms with Crippen LogP contribution in [0.1, 0.15) is 24.5 Å². The van der Waals surface area contributed by atoms with Gasteiger partial charge in [-0.15, -0.1) is 0 Å². The van der Waals surface area contributed by atoms with Crippen molar-refractivity contribution in [3.63, 3.8) is 0 Å². The van der Waals surface area contributed by atoms with E-state index in [4.69, 9.17) is 10.00 Å². The number of anilines is 1. The first-order valence-electron chi connectivity index (χ1n) is 9.76. The fourth-order valence-electron chi connectivity index (χ4n) is 3.43. The molecule has 2 aromatic rings. The van der Waals surface area contributed by atoms with Crippen molar-refractivity contribution in [3.05, 3.63) is 59.4 Å². The van der Waals surface area contributed by atoms with Gasteiger partial charge in [0.25, 0.3) is 0 Å². The smallest absolute Gasteiger partial charge is 0.191 e. The van der Waals surface area contributed by atoms with E-state index in [2.05, 4.69) is 26.6 Å². The summed E-state index contributed by atoms with van der Waals surface area (Å²) in [6.45, 7) is 4.60. The molecular formula is C22H26FN5O. The lowest BCUT2D eigenvalue weighted by Crippen LogP contribution is -2.44. The van der Waals surface area contributed by atoms with Crippen LogP contribution in [0.5, 0.6) is 5.75 Å². The van der Waals surface area contributed by atoms with Gasteiger partial charge in [-0.2, -0.15) is 5.26 Å². The summed E-state index contributed by atoms with van der Waals surface area (Å²) >= 11 is 0. The molecule has 7 heteroatoms. The Balaban J connectivity index is 1.67. The van der Waals surface area contributed by atoms with Gasteiger partial charge in [0.2, 0.25) is 0 Å². The van der Waals surface area contributed by atoms with Crippen LogP contribution < -0.4 is 20.3 Å². The molecule has 152 valence electrons. The number of nitrogens with one attached hydrogen (secondary N) is 2. The number of guanidine groups is 1. The van der Waals surface area contributed by atoms with Crippen molar-refractivity contribution in [2.24, 2.45) is 4.99 Å². The summed E-state index contributed by atoms with van der Waals surface area (Å²) in [5, 5.41) is 15.7. The molecule has 0 radical (unpaired) electrons. The summed E-state index contributed by atoms with van der Waals surface area (Å²) in [5.74, 6) is 1.15. The van der Waals surface area contributed by atoms with Crippen molar-refractivity contribution in [1.82, 2.24) is 10.6 Å². The Morgan fingerprint density at radius 2 is 2.17 bits per heavy atom. The number of nitrogens with zero attached hydrogens (tertiary/aromatic N) is 3. The minimum absolute atomic E-state index is 0.166. The molecule has 1 aliphatic heterocycles. The summed E-state index contributed by atoms with van der Waals surface area (Å²) in [6, 6.07) is 14.6. The Hall–Kier alpha value is -3.27. The van der Waals surface area contributed by atoms with Crippen molar-refractivity contribution in [2.45, 2.75) is 25.9 Å². The molecule has 29 heavy (non-hydrogen) atoms. The highest BCUT2D eigenvalue weighted by atomic mass is 19.1. The molecule has 2 N–H and O–H groups in total. The van der Waals surface area contributed by atoms with E-state index in [9.17, 15) is 4.39 Å². The molecular weight excluding hydrogens is 369 g/mol. The average molecular weight is 395 g/mol. The zero-order valence-electron chi connectivity index (χ0n) is 16.8. The Morgan fingerprint density at radius 3 is 2.93 bits per heavy atom. The fourth-order valence-corrected chi connectivity index (χ4v) is 3.43. The van der Waals surface area contributed by atoms with Gasteiger partial charge >= 0.3 is 0 Å². The van der Waals surface area contributed by atoms with E-state index in [1.165, 1.54) is 12.1 Å². The summed E-state index contributed by atoms with van der Waals surface area (Å²) in [6.07, 6.45) is 0.959. The molecule has 1 unspecified atom stereocenters. The third-order valence-electron chi connectivity index (χ3n) is 4.88. The predicted molar refractivity (Wildman–Crippen MR) is 113 cm³/mol. The number of para-hydroxylation sites is 2. The van der Waals surface area contributed by atoms with Crippen LogP contribution in [-0.2, 0) is 6.54 Å². The molecule has 0 aliphatic carbocycles. The summed E-state index contributed by atoms with van der Waals surface area (Å²) in [4.78, 5) is 6.80. The first-order chi connectivity index (χ1) is 14.1. The maximum atomic E-state index is 14.0. The Kier molecular flexibility index (Phi) is 6.90. The summed E-state index contributed by atoms with van der Waals surface area (Å²) in [7, 11) is 1.68. The maximum absolute atomic E-state index is 14.0. The SMILES string of the molecule is CCNC(=NCc1cc(C#N)ccc1F)NC1CCN(c2ccccc2OC)C1. The number of halogens is 1. The lowest BCUT2D eigenvalue weighted by molar-refractivity contribution is 0.415. The molecule has 1 aliphatic rings. The molecule has 0 amide bonds. The molecule has 2 aromatic carbocycles. The zero-order valence-corrected chi connectivity index (χ0v) is 16.8. The number of ether oxygens (including phenoxy) is 1. The van der Waals surface area contributed by atoms with Crippen LogP contribution in [0.4, 0.5) is 10.1 Å². The highest BCUT2D eigenvalue weighted by Crippen LogP contribution is 2.30. The second kappa shape index (κ2) is 9.78. The molecule has 1 fully saturated rings. The van der Waals surface area contributed by atoms with Crippen molar-refractivity contribution < 1.29 is 9.13 Å². The van der Waals surface area contributed by atoms with Gasteiger partial charge in [0.15, 0.2) is 5.96 Å². The number of methoxy groups -OCH3 is 1. The van der Waals surface area contributed by atoms with E-state index >= 15 is 0 Å². The van der Waals surface area contributed by atoms with Crippen molar-refractivity contribution in [3.8, 4) is 11.8 Å². The minimum Gasteiger partial charge on any atom is -0.495 e. The summed E-state index contributed by atoms with van der Waals surface area (Å²) < 4.78 is 19.5. The first-order valence-corrected chi connectivity index (χ1v) is 9.76. The number of hydrogen-bond acceptors (Lipinski definition) is 4. The van der Waals surface area contributed by atoms with Gasteiger partial charge in [0.05, 0.1) is 31.0 Å². The lowest BCUT2D eigenvalue weighted by Gasteiger charge is -2.22. The second-order valence-electron chi connectivity index (χ2n) is 6.86. The van der Waals surface area contributed by atoms with E-state index in [0.717, 1.165) is 30.9 Å². The van der Waals surface area contributed by atoms with E-state index in [0.29, 0.717) is 23.6 Å². The number of aliphatic imine (C=N–C) groups is 1. The third kappa shape index (κ3) is 5.17. The molecule has 0 spiro atoms. The monoisotopic (exact) mass is 395 g/mol. The van der Waals surface area contributed by atoms with E-state index in [-0.39, 0.29) is 18.4 Å². The van der Waals surface area contributed by atoms with Gasteiger partial charge in [-0.05, 0) is 43.7 Å². The lowest BCUT2D eigenvalue weighted by atomic mass is 10.1. The zero-order chi connectivity index (χ0) is 20.6. The summed E-state index contributed by atoms with van der Waals surface area (Å²) in [5.41, 5.74) is 1.91. The normalized spacial score (nSPS) is 16.4. The average Bonchev–Trinajstić information content (AvgIpc) is 3.21. The number of hydrogen-bond donors (Lipinski definition) is 2. The number of rotatable bonds is 6. The van der Waals surface area contributed by atoms with E-state index < -0.39 is 0 Å². The highest BCUT2D eigenvalue weighted by Gasteiger charge is 2.25. The Bertz CT molecular complexity index is 908. The fraction of sp³-hybridized carbons (Fsp3) is 0.364. The van der Waals surface area contributed by atoms with E-state index in [1.807, 2.05) is 31.2 Å². The van der Waals surface area contributed by atoms with Crippen LogP contribution in [0.25, 0.3) is 0 Å². The number of nitriles is 1. The maximum Gasteiger partial charge on any atom is 0.191 e. The molecule has 1 saturated heterocycles. The molecule has 0 bridgehead atoms. The van der Waals surface area contributed by atoms with Crippen LogP contribution in [0, 0.1) is 17.1 Å². The highest BCUT2D eigenvalue weighted by molar-refractivity contribution is 5.80. The quantitative estimate of drug-likeness (QED) is 0.581. The molecule has 1 atom stereocenters. The largest absolute Gasteiger partial charge is 0.495 e. The van der Waals surface area contributed by atoms with Crippen molar-refractivity contribution in [2.75, 3.05) is 31.6 Å².